The number of likely N-dealkylation sites (tertiary alicyclic amines) is 1. The first-order chi connectivity index (χ1) is 9.87. The third-order valence-corrected chi connectivity index (χ3v) is 4.13. The monoisotopic (exact) mass is 290 g/mol. The molecule has 4 nitrogen and oxygen atoms in total. The van der Waals surface area contributed by atoms with E-state index >= 15 is 0 Å². The second kappa shape index (κ2) is 6.46. The molecule has 0 bridgehead atoms. The molecule has 0 aromatic carbocycles. The molecule has 4 heteroatoms. The molecule has 1 atom stereocenters. The summed E-state index contributed by atoms with van der Waals surface area (Å²) in [5, 5.41) is 0. The average molecular weight is 290 g/mol. The number of aromatic nitrogens is 1. The number of hydrogen-bond donors (Lipinski definition) is 0. The van der Waals surface area contributed by atoms with E-state index in [1.165, 1.54) is 5.56 Å². The lowest BCUT2D eigenvalue weighted by molar-refractivity contribution is 0.0176. The summed E-state index contributed by atoms with van der Waals surface area (Å²) >= 11 is 0. The number of carbonyl (C=O) groups is 1. The van der Waals surface area contributed by atoms with Crippen molar-refractivity contribution in [3.05, 3.63) is 30.1 Å². The molecule has 2 rings (SSSR count). The molecule has 1 unspecified atom stereocenters. The van der Waals surface area contributed by atoms with Crippen LogP contribution in [0, 0.1) is 5.92 Å². The largest absolute Gasteiger partial charge is 0.444 e. The van der Waals surface area contributed by atoms with Crippen LogP contribution in [0.5, 0.6) is 0 Å². The highest BCUT2D eigenvalue weighted by atomic mass is 16.6. The molecule has 21 heavy (non-hydrogen) atoms. The van der Waals surface area contributed by atoms with E-state index in [4.69, 9.17) is 4.74 Å². The van der Waals surface area contributed by atoms with Crippen LogP contribution >= 0.6 is 0 Å². The lowest BCUT2D eigenvalue weighted by atomic mass is 9.82. The van der Waals surface area contributed by atoms with Crippen molar-refractivity contribution in [1.82, 2.24) is 9.88 Å². The molecule has 116 valence electrons. The predicted octanol–water partition coefficient (Wildman–Crippen LogP) is 3.83. The normalized spacial score (nSPS) is 18.4. The Morgan fingerprint density at radius 3 is 2.38 bits per heavy atom. The zero-order valence-electron chi connectivity index (χ0n) is 13.5. The van der Waals surface area contributed by atoms with Gasteiger partial charge in [0.2, 0.25) is 0 Å². The predicted molar refractivity (Wildman–Crippen MR) is 83.2 cm³/mol. The van der Waals surface area contributed by atoms with E-state index in [0.29, 0.717) is 11.8 Å². The second-order valence-corrected chi connectivity index (χ2v) is 6.87. The van der Waals surface area contributed by atoms with Crippen molar-refractivity contribution in [2.24, 2.45) is 5.92 Å². The van der Waals surface area contributed by atoms with Gasteiger partial charge in [-0.2, -0.15) is 0 Å². The standard InChI is InChI=1S/C17H26N2O2/c1-13(14-5-9-18-10-6-14)15-7-11-19(12-8-15)16(20)21-17(2,3)4/h5-6,9-10,13,15H,7-8,11-12H2,1-4H3. The number of nitrogens with zero attached hydrogens (tertiary/aromatic N) is 2. The van der Waals surface area contributed by atoms with Crippen LogP contribution in [0.1, 0.15) is 52.0 Å². The third kappa shape index (κ3) is 4.45. The highest BCUT2D eigenvalue weighted by Crippen LogP contribution is 2.32. The zero-order valence-corrected chi connectivity index (χ0v) is 13.5. The zero-order chi connectivity index (χ0) is 15.5. The summed E-state index contributed by atoms with van der Waals surface area (Å²) in [7, 11) is 0. The van der Waals surface area contributed by atoms with Crippen LogP contribution < -0.4 is 0 Å². The maximum Gasteiger partial charge on any atom is 0.410 e. The highest BCUT2D eigenvalue weighted by molar-refractivity contribution is 5.68. The Morgan fingerprint density at radius 2 is 1.86 bits per heavy atom. The van der Waals surface area contributed by atoms with Crippen LogP contribution in [0.25, 0.3) is 0 Å². The topological polar surface area (TPSA) is 42.4 Å². The summed E-state index contributed by atoms with van der Waals surface area (Å²) in [6.07, 6.45) is 5.58. The molecule has 0 aliphatic carbocycles. The third-order valence-electron chi connectivity index (χ3n) is 4.13. The van der Waals surface area contributed by atoms with Gasteiger partial charge in [0, 0.05) is 25.5 Å². The molecule has 1 aromatic heterocycles. The molecule has 1 aliphatic heterocycles. The molecule has 0 radical (unpaired) electrons. The molecule has 0 spiro atoms. The van der Waals surface area contributed by atoms with Crippen LogP contribution in [0.15, 0.2) is 24.5 Å². The first kappa shape index (κ1) is 15.8. The van der Waals surface area contributed by atoms with Crippen LogP contribution in [0.4, 0.5) is 4.79 Å². The number of carbonyl (C=O) groups excluding carboxylic acids is 1. The molecular formula is C17H26N2O2. The van der Waals surface area contributed by atoms with Gasteiger partial charge in [0.05, 0.1) is 0 Å². The fourth-order valence-electron chi connectivity index (χ4n) is 2.85. The summed E-state index contributed by atoms with van der Waals surface area (Å²) in [5.74, 6) is 1.12. The average Bonchev–Trinajstić information content (AvgIpc) is 2.46. The number of hydrogen-bond acceptors (Lipinski definition) is 3. The molecule has 0 N–H and O–H groups in total. The molecule has 1 aromatic rings. The summed E-state index contributed by atoms with van der Waals surface area (Å²) < 4.78 is 5.44. The van der Waals surface area contributed by atoms with Crippen molar-refractivity contribution in [2.45, 2.75) is 52.1 Å². The maximum absolute atomic E-state index is 12.1. The SMILES string of the molecule is CC(c1ccncc1)C1CCN(C(=O)OC(C)(C)C)CC1. The van der Waals surface area contributed by atoms with E-state index < -0.39 is 5.60 Å². The van der Waals surface area contributed by atoms with E-state index in [1.807, 2.05) is 38.1 Å². The van der Waals surface area contributed by atoms with Crippen LogP contribution in [-0.2, 0) is 4.74 Å². The molecule has 1 amide bonds. The number of amides is 1. The highest BCUT2D eigenvalue weighted by Gasteiger charge is 2.29. The molecule has 2 heterocycles. The maximum atomic E-state index is 12.1. The Kier molecular flexibility index (Phi) is 4.86. The summed E-state index contributed by atoms with van der Waals surface area (Å²) in [4.78, 5) is 18.0. The van der Waals surface area contributed by atoms with Gasteiger partial charge >= 0.3 is 6.09 Å². The van der Waals surface area contributed by atoms with Gasteiger partial charge in [-0.05, 0) is 63.1 Å². The van der Waals surface area contributed by atoms with Crippen LogP contribution in [0.3, 0.4) is 0 Å². The molecule has 1 aliphatic rings. The first-order valence-corrected chi connectivity index (χ1v) is 7.74. The van der Waals surface area contributed by atoms with Gasteiger partial charge in [0.15, 0.2) is 0 Å². The minimum absolute atomic E-state index is 0.183. The lowest BCUT2D eigenvalue weighted by Crippen LogP contribution is -2.42. The van der Waals surface area contributed by atoms with Crippen molar-refractivity contribution in [3.8, 4) is 0 Å². The van der Waals surface area contributed by atoms with Crippen molar-refractivity contribution >= 4 is 6.09 Å². The van der Waals surface area contributed by atoms with Gasteiger partial charge < -0.3 is 9.64 Å². The van der Waals surface area contributed by atoms with Gasteiger partial charge in [-0.1, -0.05) is 6.92 Å². The molecular weight excluding hydrogens is 264 g/mol. The summed E-state index contributed by atoms with van der Waals surface area (Å²) in [5.41, 5.74) is 0.916. The molecule has 0 saturated carbocycles. The Morgan fingerprint density at radius 1 is 1.29 bits per heavy atom. The molecule has 1 saturated heterocycles. The Hall–Kier alpha value is -1.58. The fraction of sp³-hybridized carbons (Fsp3) is 0.647. The minimum Gasteiger partial charge on any atom is -0.444 e. The van der Waals surface area contributed by atoms with Crippen LogP contribution in [-0.4, -0.2) is 34.7 Å². The van der Waals surface area contributed by atoms with E-state index in [-0.39, 0.29) is 6.09 Å². The Bertz CT molecular complexity index is 459. The first-order valence-electron chi connectivity index (χ1n) is 7.74. The minimum atomic E-state index is -0.418. The quantitative estimate of drug-likeness (QED) is 0.831. The van der Waals surface area contributed by atoms with Gasteiger partial charge in [-0.25, -0.2) is 4.79 Å². The van der Waals surface area contributed by atoms with Crippen molar-refractivity contribution in [2.75, 3.05) is 13.1 Å². The second-order valence-electron chi connectivity index (χ2n) is 6.87. The van der Waals surface area contributed by atoms with E-state index in [0.717, 1.165) is 25.9 Å². The van der Waals surface area contributed by atoms with Crippen molar-refractivity contribution in [3.63, 3.8) is 0 Å². The Balaban J connectivity index is 1.87. The number of ether oxygens (including phenoxy) is 1. The van der Waals surface area contributed by atoms with Crippen LogP contribution in [0.2, 0.25) is 0 Å². The van der Waals surface area contributed by atoms with Gasteiger partial charge in [0.1, 0.15) is 5.60 Å². The number of pyridine rings is 1. The number of piperidine rings is 1. The van der Waals surface area contributed by atoms with E-state index in [2.05, 4.69) is 24.0 Å². The van der Waals surface area contributed by atoms with Gasteiger partial charge in [-0.3, -0.25) is 4.98 Å². The Labute approximate surface area is 127 Å². The lowest BCUT2D eigenvalue weighted by Gasteiger charge is -2.35. The molecule has 1 fully saturated rings. The van der Waals surface area contributed by atoms with Gasteiger partial charge in [-0.15, -0.1) is 0 Å². The smallest absolute Gasteiger partial charge is 0.410 e. The van der Waals surface area contributed by atoms with E-state index in [9.17, 15) is 4.79 Å². The summed E-state index contributed by atoms with van der Waals surface area (Å²) in [6, 6.07) is 4.18. The van der Waals surface area contributed by atoms with Crippen molar-refractivity contribution < 1.29 is 9.53 Å². The summed E-state index contributed by atoms with van der Waals surface area (Å²) in [6.45, 7) is 9.56. The van der Waals surface area contributed by atoms with Crippen molar-refractivity contribution in [1.29, 1.82) is 0 Å². The van der Waals surface area contributed by atoms with Gasteiger partial charge in [0.25, 0.3) is 0 Å². The van der Waals surface area contributed by atoms with E-state index in [1.54, 1.807) is 0 Å². The number of rotatable bonds is 2. The fourth-order valence-corrected chi connectivity index (χ4v) is 2.85.